The van der Waals surface area contributed by atoms with E-state index >= 15 is 0 Å². The minimum atomic E-state index is -1.47. The van der Waals surface area contributed by atoms with Gasteiger partial charge in [0.1, 0.15) is 30.1 Å². The zero-order chi connectivity index (χ0) is 18.0. The van der Waals surface area contributed by atoms with Crippen LogP contribution >= 0.6 is 15.9 Å². The van der Waals surface area contributed by atoms with Crippen molar-refractivity contribution in [3.8, 4) is 0 Å². The van der Waals surface area contributed by atoms with Crippen molar-refractivity contribution in [2.45, 2.75) is 43.2 Å². The number of pyridine rings is 1. The summed E-state index contributed by atoms with van der Waals surface area (Å²) in [6, 6.07) is 3.66. The first-order chi connectivity index (χ1) is 12.0. The Morgan fingerprint density at radius 3 is 2.68 bits per heavy atom. The molecule has 0 saturated carbocycles. The summed E-state index contributed by atoms with van der Waals surface area (Å²) in [5.74, 6) is 0. The molecule has 0 amide bonds. The Kier molecular flexibility index (Phi) is 6.00. The maximum absolute atomic E-state index is 9.93. The quantitative estimate of drug-likeness (QED) is 0.485. The molecule has 138 valence electrons. The summed E-state index contributed by atoms with van der Waals surface area (Å²) in [6.45, 7) is -0.459. The number of rotatable bonds is 5. The third-order valence-corrected chi connectivity index (χ3v) is 4.52. The van der Waals surface area contributed by atoms with Crippen LogP contribution in [0, 0.1) is 0 Å². The van der Waals surface area contributed by atoms with Gasteiger partial charge in [0, 0.05) is 17.1 Å². The van der Waals surface area contributed by atoms with Crippen LogP contribution in [0.2, 0.25) is 0 Å². The molecule has 6 atom stereocenters. The van der Waals surface area contributed by atoms with Gasteiger partial charge in [-0.05, 0) is 28.1 Å². The van der Waals surface area contributed by atoms with Crippen LogP contribution in [-0.2, 0) is 14.3 Å². The lowest BCUT2D eigenvalue weighted by atomic mass is 9.99. The van der Waals surface area contributed by atoms with E-state index in [4.69, 9.17) is 19.4 Å². The summed E-state index contributed by atoms with van der Waals surface area (Å²) in [7, 11) is 0. The summed E-state index contributed by atoms with van der Waals surface area (Å²) in [5.41, 5.74) is 1.37. The Hall–Kier alpha value is -1.14. The summed E-state index contributed by atoms with van der Waals surface area (Å²) < 4.78 is 11.6. The van der Waals surface area contributed by atoms with Crippen molar-refractivity contribution in [3.63, 3.8) is 0 Å². The highest BCUT2D eigenvalue weighted by Crippen LogP contribution is 2.23. The second-order valence-corrected chi connectivity index (χ2v) is 6.78. The highest BCUT2D eigenvalue weighted by Gasteiger charge is 2.44. The molecule has 25 heavy (non-hydrogen) atoms. The second-order valence-electron chi connectivity index (χ2n) is 5.86. The molecular formula is C15H19BrN2O7. The van der Waals surface area contributed by atoms with Crippen LogP contribution in [0.3, 0.4) is 0 Å². The molecule has 0 aliphatic carbocycles. The first-order valence-corrected chi connectivity index (χ1v) is 8.55. The van der Waals surface area contributed by atoms with E-state index in [9.17, 15) is 15.3 Å². The van der Waals surface area contributed by atoms with E-state index in [-0.39, 0.29) is 6.61 Å². The summed E-state index contributed by atoms with van der Waals surface area (Å²) in [6.07, 6.45) is -4.79. The van der Waals surface area contributed by atoms with Crippen molar-refractivity contribution in [1.82, 2.24) is 4.98 Å². The van der Waals surface area contributed by atoms with Gasteiger partial charge >= 0.3 is 0 Å². The normalized spacial score (nSPS) is 35.3. The van der Waals surface area contributed by atoms with Crippen LogP contribution in [0.15, 0.2) is 28.0 Å². The SMILES string of the molecule is OC[C@H]1O[C@@H](OCC2CC(c3ccc(Br)cn3)=NO2)[C@H](O)[C@@H](O)[C@@H]1O. The van der Waals surface area contributed by atoms with Crippen molar-refractivity contribution < 1.29 is 34.7 Å². The number of aliphatic hydroxyl groups is 4. The molecule has 2 aliphatic rings. The van der Waals surface area contributed by atoms with Crippen LogP contribution in [0.4, 0.5) is 0 Å². The van der Waals surface area contributed by atoms with Crippen LogP contribution < -0.4 is 0 Å². The third kappa shape index (κ3) is 4.17. The lowest BCUT2D eigenvalue weighted by Gasteiger charge is -2.39. The number of nitrogens with zero attached hydrogens (tertiary/aromatic N) is 2. The van der Waals surface area contributed by atoms with Gasteiger partial charge in [-0.15, -0.1) is 0 Å². The van der Waals surface area contributed by atoms with Crippen molar-refractivity contribution >= 4 is 21.6 Å². The minimum absolute atomic E-state index is 0.0478. The standard InChI is InChI=1S/C15H19BrN2O7/c16-7-1-2-9(17-4-7)10-3-8(25-18-10)6-23-15-14(22)13(21)12(20)11(5-19)24-15/h1-2,4,8,11-15,19-22H,3,5-6H2/t8?,11-,12-,13+,14-,15-/m1/s1. The number of aliphatic hydroxyl groups excluding tert-OH is 4. The molecule has 1 unspecified atom stereocenters. The lowest BCUT2D eigenvalue weighted by molar-refractivity contribution is -0.304. The predicted octanol–water partition coefficient (Wildman–Crippen LogP) is -0.846. The summed E-state index contributed by atoms with van der Waals surface area (Å²) in [5, 5.41) is 42.5. The molecule has 3 rings (SSSR count). The van der Waals surface area contributed by atoms with E-state index in [1.807, 2.05) is 12.1 Å². The first-order valence-electron chi connectivity index (χ1n) is 7.76. The van der Waals surface area contributed by atoms with Crippen LogP contribution in [0.1, 0.15) is 12.1 Å². The summed E-state index contributed by atoms with van der Waals surface area (Å²) in [4.78, 5) is 9.53. The Morgan fingerprint density at radius 1 is 1.20 bits per heavy atom. The molecule has 1 aromatic heterocycles. The largest absolute Gasteiger partial charge is 0.394 e. The fourth-order valence-electron chi connectivity index (χ4n) is 2.62. The molecule has 1 aromatic rings. The van der Waals surface area contributed by atoms with E-state index in [0.717, 1.165) is 4.47 Å². The van der Waals surface area contributed by atoms with Crippen LogP contribution in [0.5, 0.6) is 0 Å². The van der Waals surface area contributed by atoms with Gasteiger partial charge in [0.15, 0.2) is 12.4 Å². The van der Waals surface area contributed by atoms with Gasteiger partial charge in [-0.1, -0.05) is 5.16 Å². The van der Waals surface area contributed by atoms with Gasteiger partial charge in [-0.25, -0.2) is 0 Å². The van der Waals surface area contributed by atoms with Crippen molar-refractivity contribution in [1.29, 1.82) is 0 Å². The number of halogens is 1. The maximum atomic E-state index is 9.93. The highest BCUT2D eigenvalue weighted by molar-refractivity contribution is 9.10. The van der Waals surface area contributed by atoms with Crippen LogP contribution in [0.25, 0.3) is 0 Å². The Morgan fingerprint density at radius 2 is 2.00 bits per heavy atom. The maximum Gasteiger partial charge on any atom is 0.186 e. The number of oxime groups is 1. The molecular weight excluding hydrogens is 400 g/mol. The van der Waals surface area contributed by atoms with E-state index in [1.165, 1.54) is 0 Å². The Balaban J connectivity index is 1.52. The first kappa shape index (κ1) is 18.6. The van der Waals surface area contributed by atoms with Gasteiger partial charge in [0.05, 0.1) is 18.9 Å². The fourth-order valence-corrected chi connectivity index (χ4v) is 2.86. The molecule has 1 fully saturated rings. The van der Waals surface area contributed by atoms with Gasteiger partial charge in [0.25, 0.3) is 0 Å². The van der Waals surface area contributed by atoms with Crippen molar-refractivity contribution in [2.24, 2.45) is 5.16 Å². The minimum Gasteiger partial charge on any atom is -0.394 e. The molecule has 2 aliphatic heterocycles. The fraction of sp³-hybridized carbons (Fsp3) is 0.600. The second kappa shape index (κ2) is 8.04. The lowest BCUT2D eigenvalue weighted by Crippen LogP contribution is -2.59. The van der Waals surface area contributed by atoms with E-state index < -0.39 is 43.4 Å². The molecule has 0 aromatic carbocycles. The molecule has 10 heteroatoms. The Labute approximate surface area is 152 Å². The van der Waals surface area contributed by atoms with Crippen molar-refractivity contribution in [2.75, 3.05) is 13.2 Å². The van der Waals surface area contributed by atoms with E-state index in [1.54, 1.807) is 6.20 Å². The van der Waals surface area contributed by atoms with Gasteiger partial charge in [-0.3, -0.25) is 4.98 Å². The van der Waals surface area contributed by atoms with Gasteiger partial charge in [-0.2, -0.15) is 0 Å². The topological polar surface area (TPSA) is 134 Å². The Bertz CT molecular complexity index is 612. The molecule has 9 nitrogen and oxygen atoms in total. The number of hydrogen-bond donors (Lipinski definition) is 4. The van der Waals surface area contributed by atoms with Crippen molar-refractivity contribution in [3.05, 3.63) is 28.5 Å². The predicted molar refractivity (Wildman–Crippen MR) is 87.7 cm³/mol. The van der Waals surface area contributed by atoms with Crippen LogP contribution in [-0.4, -0.2) is 81.1 Å². The summed E-state index contributed by atoms with van der Waals surface area (Å²) >= 11 is 3.31. The molecule has 1 saturated heterocycles. The zero-order valence-corrected chi connectivity index (χ0v) is 14.7. The number of aromatic nitrogens is 1. The number of hydrogen-bond acceptors (Lipinski definition) is 9. The number of ether oxygens (including phenoxy) is 2. The third-order valence-electron chi connectivity index (χ3n) is 4.05. The molecule has 0 radical (unpaired) electrons. The van der Waals surface area contributed by atoms with E-state index in [2.05, 4.69) is 26.1 Å². The molecule has 4 N–H and O–H groups in total. The average Bonchev–Trinajstić information content (AvgIpc) is 3.09. The average molecular weight is 419 g/mol. The smallest absolute Gasteiger partial charge is 0.186 e. The molecule has 0 bridgehead atoms. The molecule has 3 heterocycles. The molecule has 0 spiro atoms. The van der Waals surface area contributed by atoms with Gasteiger partial charge in [0.2, 0.25) is 0 Å². The van der Waals surface area contributed by atoms with E-state index in [0.29, 0.717) is 17.8 Å². The van der Waals surface area contributed by atoms with Gasteiger partial charge < -0.3 is 34.7 Å². The zero-order valence-electron chi connectivity index (χ0n) is 13.1. The monoisotopic (exact) mass is 418 g/mol. The highest BCUT2D eigenvalue weighted by atomic mass is 79.9.